The fourth-order valence-electron chi connectivity index (χ4n) is 4.26. The molecule has 208 valence electrons. The zero-order valence-corrected chi connectivity index (χ0v) is 24.2. The standard InChI is InChI=1S/C31H39N3O4S/c1-6-25(4)32-31(36)26(5)33(20-19-27-13-9-7-10-14-27)30(35)22-34(29-21-23(2)17-18-24(29)3)39(37,38)28-15-11-8-12-16-28/h7-18,21,25-26H,6,19-20,22H2,1-5H3,(H,32,36)/t25-,26-/m1/s1. The van der Waals surface area contributed by atoms with Gasteiger partial charge in [-0.2, -0.15) is 0 Å². The highest BCUT2D eigenvalue weighted by Crippen LogP contribution is 2.28. The molecule has 2 amide bonds. The van der Waals surface area contributed by atoms with Gasteiger partial charge in [0.1, 0.15) is 12.6 Å². The van der Waals surface area contributed by atoms with Crippen molar-refractivity contribution in [2.45, 2.75) is 64.4 Å². The van der Waals surface area contributed by atoms with Crippen LogP contribution < -0.4 is 9.62 Å². The van der Waals surface area contributed by atoms with E-state index < -0.39 is 28.5 Å². The van der Waals surface area contributed by atoms with Crippen LogP contribution in [0.25, 0.3) is 0 Å². The smallest absolute Gasteiger partial charge is 0.264 e. The van der Waals surface area contributed by atoms with Crippen molar-refractivity contribution >= 4 is 27.5 Å². The lowest BCUT2D eigenvalue weighted by molar-refractivity contribution is -0.139. The molecular weight excluding hydrogens is 510 g/mol. The molecular formula is C31H39N3O4S. The summed E-state index contributed by atoms with van der Waals surface area (Å²) in [5.74, 6) is -0.715. The van der Waals surface area contributed by atoms with Crippen LogP contribution in [0, 0.1) is 13.8 Å². The highest BCUT2D eigenvalue weighted by atomic mass is 32.2. The van der Waals surface area contributed by atoms with Crippen molar-refractivity contribution in [2.24, 2.45) is 0 Å². The first-order valence-corrected chi connectivity index (χ1v) is 14.8. The molecule has 0 aliphatic carbocycles. The Labute approximate surface area is 232 Å². The van der Waals surface area contributed by atoms with Crippen molar-refractivity contribution in [1.82, 2.24) is 10.2 Å². The normalized spacial score (nSPS) is 12.8. The fourth-order valence-corrected chi connectivity index (χ4v) is 5.75. The predicted octanol–water partition coefficient (Wildman–Crippen LogP) is 4.87. The van der Waals surface area contributed by atoms with Gasteiger partial charge in [-0.25, -0.2) is 8.42 Å². The summed E-state index contributed by atoms with van der Waals surface area (Å²) in [6.07, 6.45) is 1.29. The number of rotatable bonds is 12. The Morgan fingerprint density at radius 1 is 0.897 bits per heavy atom. The van der Waals surface area contributed by atoms with Crippen LogP contribution in [0.15, 0.2) is 83.8 Å². The first-order valence-electron chi connectivity index (χ1n) is 13.3. The number of carbonyl (C=O) groups is 2. The van der Waals surface area contributed by atoms with Crippen molar-refractivity contribution in [3.8, 4) is 0 Å². The number of nitrogens with zero attached hydrogens (tertiary/aromatic N) is 2. The molecule has 0 unspecified atom stereocenters. The van der Waals surface area contributed by atoms with Gasteiger partial charge in [0.15, 0.2) is 0 Å². The molecule has 0 heterocycles. The van der Waals surface area contributed by atoms with Crippen LogP contribution in [0.3, 0.4) is 0 Å². The number of hydrogen-bond acceptors (Lipinski definition) is 4. The van der Waals surface area contributed by atoms with E-state index in [1.807, 2.05) is 70.2 Å². The molecule has 0 aliphatic rings. The molecule has 0 saturated heterocycles. The molecule has 3 rings (SSSR count). The average Bonchev–Trinajstić information content (AvgIpc) is 2.94. The Kier molecular flexibility index (Phi) is 10.3. The van der Waals surface area contributed by atoms with Crippen LogP contribution in [-0.2, 0) is 26.0 Å². The minimum atomic E-state index is -4.07. The first kappa shape index (κ1) is 29.9. The molecule has 2 atom stereocenters. The number of benzene rings is 3. The van der Waals surface area contributed by atoms with Gasteiger partial charge in [-0.3, -0.25) is 13.9 Å². The Balaban J connectivity index is 2.00. The molecule has 7 nitrogen and oxygen atoms in total. The molecule has 39 heavy (non-hydrogen) atoms. The molecule has 3 aromatic carbocycles. The maximum absolute atomic E-state index is 14.0. The highest BCUT2D eigenvalue weighted by Gasteiger charge is 2.33. The first-order chi connectivity index (χ1) is 18.5. The lowest BCUT2D eigenvalue weighted by Crippen LogP contribution is -2.53. The van der Waals surface area contributed by atoms with Crippen molar-refractivity contribution in [3.05, 3.63) is 95.6 Å². The van der Waals surface area contributed by atoms with E-state index in [1.165, 1.54) is 21.3 Å². The maximum Gasteiger partial charge on any atom is 0.264 e. The second-order valence-corrected chi connectivity index (χ2v) is 11.8. The number of anilines is 1. The molecule has 0 aliphatic heterocycles. The van der Waals surface area contributed by atoms with E-state index in [9.17, 15) is 18.0 Å². The third kappa shape index (κ3) is 7.69. The number of aryl methyl sites for hydroxylation is 2. The van der Waals surface area contributed by atoms with Crippen LogP contribution in [0.1, 0.15) is 43.9 Å². The Bertz CT molecular complexity index is 1360. The van der Waals surface area contributed by atoms with Gasteiger partial charge in [-0.05, 0) is 75.4 Å². The number of carbonyl (C=O) groups excluding carboxylic acids is 2. The van der Waals surface area contributed by atoms with Gasteiger partial charge >= 0.3 is 0 Å². The summed E-state index contributed by atoms with van der Waals surface area (Å²) in [6, 6.07) is 22.5. The van der Waals surface area contributed by atoms with Gasteiger partial charge in [0.05, 0.1) is 10.6 Å². The molecule has 8 heteroatoms. The largest absolute Gasteiger partial charge is 0.352 e. The zero-order valence-electron chi connectivity index (χ0n) is 23.4. The molecule has 0 spiro atoms. The Hall–Kier alpha value is -3.65. The lowest BCUT2D eigenvalue weighted by atomic mass is 10.1. The Morgan fingerprint density at radius 2 is 1.51 bits per heavy atom. The molecule has 0 fully saturated rings. The molecule has 0 aromatic heterocycles. The van der Waals surface area contributed by atoms with Crippen LogP contribution in [0.5, 0.6) is 0 Å². The van der Waals surface area contributed by atoms with Crippen molar-refractivity contribution in [3.63, 3.8) is 0 Å². The molecule has 1 N–H and O–H groups in total. The number of amides is 2. The molecule has 0 bridgehead atoms. The van der Waals surface area contributed by atoms with Gasteiger partial charge in [0.2, 0.25) is 11.8 Å². The lowest BCUT2D eigenvalue weighted by Gasteiger charge is -2.33. The summed E-state index contributed by atoms with van der Waals surface area (Å²) in [5.41, 5.74) is 3.06. The monoisotopic (exact) mass is 549 g/mol. The minimum absolute atomic E-state index is 0.0454. The van der Waals surface area contributed by atoms with E-state index in [1.54, 1.807) is 31.2 Å². The molecule has 0 radical (unpaired) electrons. The second-order valence-electron chi connectivity index (χ2n) is 9.93. The summed E-state index contributed by atoms with van der Waals surface area (Å²) in [4.78, 5) is 28.7. The summed E-state index contributed by atoms with van der Waals surface area (Å²) >= 11 is 0. The molecule has 3 aromatic rings. The summed E-state index contributed by atoms with van der Waals surface area (Å²) in [7, 11) is -4.07. The van der Waals surface area contributed by atoms with E-state index in [0.29, 0.717) is 12.1 Å². The van der Waals surface area contributed by atoms with Crippen LogP contribution in [-0.4, -0.2) is 50.3 Å². The topological polar surface area (TPSA) is 86.8 Å². The Morgan fingerprint density at radius 3 is 2.13 bits per heavy atom. The number of hydrogen-bond donors (Lipinski definition) is 1. The van der Waals surface area contributed by atoms with Gasteiger partial charge in [-0.1, -0.05) is 67.6 Å². The third-order valence-electron chi connectivity index (χ3n) is 6.90. The van der Waals surface area contributed by atoms with Gasteiger partial charge in [0, 0.05) is 12.6 Å². The van der Waals surface area contributed by atoms with E-state index in [-0.39, 0.29) is 23.4 Å². The SMILES string of the molecule is CC[C@@H](C)NC(=O)[C@@H](C)N(CCc1ccccc1)C(=O)CN(c1cc(C)ccc1C)S(=O)(=O)c1ccccc1. The van der Waals surface area contributed by atoms with Crippen molar-refractivity contribution in [1.29, 1.82) is 0 Å². The van der Waals surface area contributed by atoms with E-state index in [4.69, 9.17) is 0 Å². The van der Waals surface area contributed by atoms with E-state index in [0.717, 1.165) is 23.1 Å². The van der Waals surface area contributed by atoms with Gasteiger partial charge in [-0.15, -0.1) is 0 Å². The van der Waals surface area contributed by atoms with Crippen LogP contribution >= 0.6 is 0 Å². The minimum Gasteiger partial charge on any atom is -0.352 e. The average molecular weight is 550 g/mol. The summed E-state index contributed by atoms with van der Waals surface area (Å²) in [5, 5.41) is 2.96. The number of sulfonamides is 1. The number of nitrogens with one attached hydrogen (secondary N) is 1. The van der Waals surface area contributed by atoms with Crippen molar-refractivity contribution < 1.29 is 18.0 Å². The summed E-state index contributed by atoms with van der Waals surface area (Å²) in [6.45, 7) is 9.11. The van der Waals surface area contributed by atoms with Crippen LogP contribution in [0.4, 0.5) is 5.69 Å². The van der Waals surface area contributed by atoms with Crippen LogP contribution in [0.2, 0.25) is 0 Å². The van der Waals surface area contributed by atoms with Gasteiger partial charge < -0.3 is 10.2 Å². The van der Waals surface area contributed by atoms with E-state index >= 15 is 0 Å². The maximum atomic E-state index is 14.0. The van der Waals surface area contributed by atoms with Crippen molar-refractivity contribution in [2.75, 3.05) is 17.4 Å². The molecule has 0 saturated carbocycles. The predicted molar refractivity (Wildman–Crippen MR) is 156 cm³/mol. The fraction of sp³-hybridized carbons (Fsp3) is 0.355. The second kappa shape index (κ2) is 13.4. The third-order valence-corrected chi connectivity index (χ3v) is 8.67. The summed E-state index contributed by atoms with van der Waals surface area (Å²) < 4.78 is 29.0. The quantitative estimate of drug-likeness (QED) is 0.349. The van der Waals surface area contributed by atoms with Gasteiger partial charge in [0.25, 0.3) is 10.0 Å². The highest BCUT2D eigenvalue weighted by molar-refractivity contribution is 7.92. The zero-order chi connectivity index (χ0) is 28.6. The van der Waals surface area contributed by atoms with E-state index in [2.05, 4.69) is 5.32 Å².